The number of rotatable bonds is 4. The fraction of sp³-hybridized carbons (Fsp3) is 0.375. The van der Waals surface area contributed by atoms with Crippen LogP contribution in [0.4, 0.5) is 11.4 Å². The van der Waals surface area contributed by atoms with Crippen LogP contribution in [0.3, 0.4) is 0 Å². The zero-order chi connectivity index (χ0) is 21.0. The van der Waals surface area contributed by atoms with Crippen LogP contribution < -0.4 is 10.6 Å². The van der Waals surface area contributed by atoms with Gasteiger partial charge in [0.15, 0.2) is 0 Å². The minimum atomic E-state index is -0.339. The summed E-state index contributed by atoms with van der Waals surface area (Å²) in [7, 11) is 0. The molecule has 5 atom stereocenters. The SMILES string of the molecule is Cc1cccc(C)c1NC(=O)c1cccc(NC(=O)[C@@H]2[C@@H]3C[C@@H]4[C@H]2C(=O)O[C@H]4C3)c1. The number of ether oxygens (including phenoxy) is 1. The second kappa shape index (κ2) is 6.97. The molecular formula is C24H24N2O4. The molecule has 0 aromatic heterocycles. The third-order valence-electron chi connectivity index (χ3n) is 6.90. The topological polar surface area (TPSA) is 84.5 Å². The highest BCUT2D eigenvalue weighted by Gasteiger charge is 2.63. The molecule has 0 radical (unpaired) electrons. The number of anilines is 2. The third kappa shape index (κ3) is 2.98. The number of aryl methyl sites for hydroxylation is 2. The zero-order valence-electron chi connectivity index (χ0n) is 17.0. The molecule has 2 aromatic rings. The number of amides is 2. The van der Waals surface area contributed by atoms with Gasteiger partial charge in [-0.1, -0.05) is 24.3 Å². The van der Waals surface area contributed by atoms with Gasteiger partial charge in [-0.2, -0.15) is 0 Å². The number of benzene rings is 2. The van der Waals surface area contributed by atoms with Crippen LogP contribution in [0.15, 0.2) is 42.5 Å². The van der Waals surface area contributed by atoms with Crippen molar-refractivity contribution in [2.45, 2.75) is 32.8 Å². The van der Waals surface area contributed by atoms with Gasteiger partial charge in [-0.3, -0.25) is 14.4 Å². The first kappa shape index (κ1) is 18.9. The van der Waals surface area contributed by atoms with Crippen LogP contribution in [0, 0.1) is 37.5 Å². The van der Waals surface area contributed by atoms with Crippen LogP contribution >= 0.6 is 0 Å². The fourth-order valence-corrected chi connectivity index (χ4v) is 5.52. The van der Waals surface area contributed by atoms with E-state index < -0.39 is 0 Å². The summed E-state index contributed by atoms with van der Waals surface area (Å²) in [5.74, 6) is -0.882. The molecule has 3 aliphatic rings. The van der Waals surface area contributed by atoms with Crippen molar-refractivity contribution in [1.29, 1.82) is 0 Å². The Morgan fingerprint density at radius 3 is 2.50 bits per heavy atom. The van der Waals surface area contributed by atoms with Crippen molar-refractivity contribution in [2.75, 3.05) is 10.6 Å². The Labute approximate surface area is 175 Å². The zero-order valence-corrected chi connectivity index (χ0v) is 17.0. The Morgan fingerprint density at radius 1 is 1.00 bits per heavy atom. The summed E-state index contributed by atoms with van der Waals surface area (Å²) in [6.45, 7) is 3.90. The van der Waals surface area contributed by atoms with E-state index in [1.54, 1.807) is 24.3 Å². The fourth-order valence-electron chi connectivity index (χ4n) is 5.52. The molecule has 3 fully saturated rings. The minimum absolute atomic E-state index is 0.00785. The molecule has 2 aliphatic carbocycles. The Morgan fingerprint density at radius 2 is 1.73 bits per heavy atom. The first-order chi connectivity index (χ1) is 14.4. The summed E-state index contributed by atoms with van der Waals surface area (Å²) in [6, 6.07) is 12.8. The number of hydrogen-bond donors (Lipinski definition) is 2. The predicted octanol–water partition coefficient (Wildman–Crippen LogP) is 3.69. The number of carbonyl (C=O) groups is 3. The summed E-state index contributed by atoms with van der Waals surface area (Å²) >= 11 is 0. The number of fused-ring (bicyclic) bond motifs is 1. The molecule has 2 amide bonds. The first-order valence-electron chi connectivity index (χ1n) is 10.4. The Balaban J connectivity index is 1.31. The maximum absolute atomic E-state index is 13.0. The van der Waals surface area contributed by atoms with Crippen molar-refractivity contribution >= 4 is 29.2 Å². The number of carbonyl (C=O) groups excluding carboxylic acids is 3. The van der Waals surface area contributed by atoms with E-state index in [2.05, 4.69) is 10.6 Å². The lowest BCUT2D eigenvalue weighted by atomic mass is 9.79. The highest BCUT2D eigenvalue weighted by Crippen LogP contribution is 2.57. The molecule has 1 heterocycles. The molecule has 0 spiro atoms. The molecule has 6 heteroatoms. The number of para-hydroxylation sites is 1. The lowest BCUT2D eigenvalue weighted by Gasteiger charge is -2.23. The standard InChI is InChI=1S/C24H24N2O4/c1-12-5-3-6-13(2)21(12)26-22(27)14-7-4-8-16(9-14)25-23(28)19-15-10-17-18(11-15)30-24(29)20(17)19/h3-9,15,17-20H,10-11H2,1-2H3,(H,25,28)(H,26,27)/t15-,17+,18+,19-,20-/m1/s1. The van der Waals surface area contributed by atoms with Gasteiger partial charge >= 0.3 is 5.97 Å². The van der Waals surface area contributed by atoms with Crippen LogP contribution in [0.5, 0.6) is 0 Å². The van der Waals surface area contributed by atoms with Crippen LogP contribution in [0.2, 0.25) is 0 Å². The summed E-state index contributed by atoms with van der Waals surface area (Å²) in [5.41, 5.74) is 3.80. The maximum atomic E-state index is 13.0. The molecule has 2 N–H and O–H groups in total. The second-order valence-corrected chi connectivity index (χ2v) is 8.71. The quantitative estimate of drug-likeness (QED) is 0.761. The lowest BCUT2D eigenvalue weighted by Crippen LogP contribution is -2.35. The van der Waals surface area contributed by atoms with Crippen molar-refractivity contribution in [3.63, 3.8) is 0 Å². The van der Waals surface area contributed by atoms with E-state index in [1.807, 2.05) is 32.0 Å². The van der Waals surface area contributed by atoms with Gasteiger partial charge in [-0.25, -0.2) is 0 Å². The summed E-state index contributed by atoms with van der Waals surface area (Å²) in [6.07, 6.45) is 1.68. The Kier molecular flexibility index (Phi) is 4.38. The lowest BCUT2D eigenvalue weighted by molar-refractivity contribution is -0.145. The van der Waals surface area contributed by atoms with Gasteiger partial charge in [0.25, 0.3) is 5.91 Å². The molecule has 6 nitrogen and oxygen atoms in total. The Bertz CT molecular complexity index is 1040. The summed E-state index contributed by atoms with van der Waals surface area (Å²) in [5, 5.41) is 5.89. The van der Waals surface area contributed by atoms with Gasteiger partial charge in [0.1, 0.15) is 6.10 Å². The molecule has 1 aliphatic heterocycles. The van der Waals surface area contributed by atoms with Crippen LogP contribution in [0.25, 0.3) is 0 Å². The van der Waals surface area contributed by atoms with Crippen molar-refractivity contribution < 1.29 is 19.1 Å². The van der Waals surface area contributed by atoms with E-state index in [0.717, 1.165) is 29.7 Å². The van der Waals surface area contributed by atoms with Gasteiger partial charge in [0.05, 0.1) is 11.8 Å². The van der Waals surface area contributed by atoms with Gasteiger partial charge in [-0.15, -0.1) is 0 Å². The molecule has 0 unspecified atom stereocenters. The maximum Gasteiger partial charge on any atom is 0.310 e. The van der Waals surface area contributed by atoms with Crippen LogP contribution in [0.1, 0.15) is 34.3 Å². The first-order valence-corrected chi connectivity index (χ1v) is 10.4. The second-order valence-electron chi connectivity index (χ2n) is 8.71. The average Bonchev–Trinajstić information content (AvgIpc) is 3.33. The van der Waals surface area contributed by atoms with Gasteiger partial charge in [0.2, 0.25) is 5.91 Å². The van der Waals surface area contributed by atoms with Crippen LogP contribution in [-0.4, -0.2) is 23.9 Å². The van der Waals surface area contributed by atoms with Gasteiger partial charge < -0.3 is 15.4 Å². The van der Waals surface area contributed by atoms with E-state index in [0.29, 0.717) is 11.3 Å². The molecule has 5 rings (SSSR count). The van der Waals surface area contributed by atoms with Gasteiger partial charge in [-0.05, 0) is 61.9 Å². The van der Waals surface area contributed by atoms with Gasteiger partial charge in [0, 0.05) is 22.9 Å². The average molecular weight is 404 g/mol. The molecular weight excluding hydrogens is 380 g/mol. The van der Waals surface area contributed by atoms with Crippen LogP contribution in [-0.2, 0) is 14.3 Å². The largest absolute Gasteiger partial charge is 0.462 e. The molecule has 2 aromatic carbocycles. The van der Waals surface area contributed by atoms with E-state index in [4.69, 9.17) is 4.74 Å². The number of esters is 1. The highest BCUT2D eigenvalue weighted by molar-refractivity contribution is 6.06. The van der Waals surface area contributed by atoms with E-state index >= 15 is 0 Å². The summed E-state index contributed by atoms with van der Waals surface area (Å²) in [4.78, 5) is 37.9. The summed E-state index contributed by atoms with van der Waals surface area (Å²) < 4.78 is 5.42. The number of nitrogens with one attached hydrogen (secondary N) is 2. The van der Waals surface area contributed by atoms with E-state index in [-0.39, 0.29) is 47.6 Å². The molecule has 2 saturated carbocycles. The van der Waals surface area contributed by atoms with Crippen molar-refractivity contribution in [3.8, 4) is 0 Å². The van der Waals surface area contributed by atoms with Crippen molar-refractivity contribution in [3.05, 3.63) is 59.2 Å². The molecule has 1 saturated heterocycles. The highest BCUT2D eigenvalue weighted by atomic mass is 16.6. The Hall–Kier alpha value is -3.15. The van der Waals surface area contributed by atoms with E-state index in [1.165, 1.54) is 0 Å². The normalized spacial score (nSPS) is 28.3. The molecule has 154 valence electrons. The minimum Gasteiger partial charge on any atom is -0.462 e. The number of hydrogen-bond acceptors (Lipinski definition) is 4. The smallest absolute Gasteiger partial charge is 0.310 e. The van der Waals surface area contributed by atoms with Crippen molar-refractivity contribution in [1.82, 2.24) is 0 Å². The monoisotopic (exact) mass is 404 g/mol. The van der Waals surface area contributed by atoms with Crippen molar-refractivity contribution in [2.24, 2.45) is 23.7 Å². The molecule has 30 heavy (non-hydrogen) atoms. The third-order valence-corrected chi connectivity index (χ3v) is 6.90. The van der Waals surface area contributed by atoms with E-state index in [9.17, 15) is 14.4 Å². The predicted molar refractivity (Wildman–Crippen MR) is 112 cm³/mol. The molecule has 2 bridgehead atoms.